The minimum Gasteiger partial charge on any atom is -0.477 e. The lowest BCUT2D eigenvalue weighted by Crippen LogP contribution is -2.70. The second-order valence-corrected chi connectivity index (χ2v) is 7.88. The van der Waals surface area contributed by atoms with E-state index >= 15 is 0 Å². The first-order valence-corrected chi connectivity index (χ1v) is 10.0. The number of amides is 2. The Morgan fingerprint density at radius 2 is 2.21 bits per heavy atom. The summed E-state index contributed by atoms with van der Waals surface area (Å²) in [7, 11) is 0. The molecule has 3 atom stereocenters. The Balaban J connectivity index is 1.74. The van der Waals surface area contributed by atoms with Crippen LogP contribution in [-0.4, -0.2) is 57.5 Å². The molecule has 12 heteroatoms. The topological polar surface area (TPSA) is 142 Å². The highest BCUT2D eigenvalue weighted by Gasteiger charge is 2.54. The molecule has 1 aromatic rings. The molecule has 1 aromatic heterocycles. The zero-order valence-electron chi connectivity index (χ0n) is 14.5. The highest BCUT2D eigenvalue weighted by atomic mass is 32.2. The summed E-state index contributed by atoms with van der Waals surface area (Å²) >= 11 is 2.54. The van der Waals surface area contributed by atoms with Crippen LogP contribution in [0.4, 0.5) is 0 Å². The number of thioether (sulfide) groups is 1. The average Bonchev–Trinajstić information content (AvgIpc) is 3.18. The maximum absolute atomic E-state index is 12.5. The van der Waals surface area contributed by atoms with Crippen LogP contribution in [-0.2, 0) is 23.9 Å². The number of ether oxygens (including phenoxy) is 1. The van der Waals surface area contributed by atoms with E-state index in [2.05, 4.69) is 10.5 Å². The molecule has 10 nitrogen and oxygen atoms in total. The summed E-state index contributed by atoms with van der Waals surface area (Å²) in [6, 6.07) is -0.659. The Morgan fingerprint density at radius 1 is 1.46 bits per heavy atom. The number of nitrogens with zero attached hydrogens (tertiary/aromatic N) is 2. The molecule has 2 aliphatic rings. The first-order chi connectivity index (χ1) is 13.3. The van der Waals surface area contributed by atoms with Crippen LogP contribution in [0.25, 0.3) is 0 Å². The summed E-state index contributed by atoms with van der Waals surface area (Å²) in [6.45, 7) is 0.970. The number of fused-ring (bicyclic) bond motifs is 1. The van der Waals surface area contributed by atoms with Gasteiger partial charge < -0.3 is 15.2 Å². The number of hydrogen-bond donors (Lipinski definition) is 2. The molecule has 0 spiro atoms. The first kappa shape index (κ1) is 20.0. The number of β-lactam (4-membered cyclic amide) rings is 1. The van der Waals surface area contributed by atoms with E-state index in [1.807, 2.05) is 0 Å². The van der Waals surface area contributed by atoms with Gasteiger partial charge in [-0.25, -0.2) is 4.79 Å². The van der Waals surface area contributed by atoms with Gasteiger partial charge in [0.2, 0.25) is 0 Å². The van der Waals surface area contributed by atoms with E-state index in [0.717, 1.165) is 4.90 Å². The number of thiophene rings is 1. The zero-order chi connectivity index (χ0) is 20.4. The molecule has 148 valence electrons. The normalized spacial score (nSPS) is 22.0. The van der Waals surface area contributed by atoms with Crippen LogP contribution in [0.1, 0.15) is 18.5 Å². The lowest BCUT2D eigenvalue weighted by molar-refractivity contribution is -0.151. The van der Waals surface area contributed by atoms with Crippen molar-refractivity contribution >= 4 is 46.9 Å². The lowest BCUT2D eigenvalue weighted by atomic mass is 10.0. The first-order valence-electron chi connectivity index (χ1n) is 8.03. The fourth-order valence-corrected chi connectivity index (χ4v) is 4.91. The van der Waals surface area contributed by atoms with Crippen molar-refractivity contribution in [3.05, 3.63) is 38.6 Å². The molecule has 1 fully saturated rings. The van der Waals surface area contributed by atoms with Crippen LogP contribution >= 0.6 is 23.1 Å². The Bertz CT molecular complexity index is 868. The van der Waals surface area contributed by atoms with E-state index in [4.69, 9.17) is 4.74 Å². The molecule has 0 radical (unpaired) electrons. The van der Waals surface area contributed by atoms with Crippen LogP contribution < -0.4 is 5.32 Å². The predicted molar refractivity (Wildman–Crippen MR) is 99.2 cm³/mol. The third-order valence-corrected chi connectivity index (χ3v) is 6.25. The average molecular weight is 425 g/mol. The molecule has 2 amide bonds. The highest BCUT2D eigenvalue weighted by Crippen LogP contribution is 2.40. The molecular weight excluding hydrogens is 410 g/mol. The van der Waals surface area contributed by atoms with Crippen LogP contribution in [0, 0.1) is 4.91 Å². The molecular formula is C16H15N3O7S2. The molecule has 1 saturated heterocycles. The molecule has 2 aliphatic heterocycles. The maximum Gasteiger partial charge on any atom is 0.352 e. The molecule has 2 N–H and O–H groups in total. The van der Waals surface area contributed by atoms with Gasteiger partial charge in [-0.05, 0) is 16.8 Å². The van der Waals surface area contributed by atoms with Gasteiger partial charge >= 0.3 is 11.9 Å². The van der Waals surface area contributed by atoms with Gasteiger partial charge in [0.25, 0.3) is 11.8 Å². The Kier molecular flexibility index (Phi) is 5.79. The van der Waals surface area contributed by atoms with Crippen molar-refractivity contribution < 1.29 is 29.0 Å². The third kappa shape index (κ3) is 3.64. The smallest absolute Gasteiger partial charge is 0.352 e. The van der Waals surface area contributed by atoms with Crippen LogP contribution in [0.15, 0.2) is 33.3 Å². The third-order valence-electron chi connectivity index (χ3n) is 4.21. The summed E-state index contributed by atoms with van der Waals surface area (Å²) in [5, 5.41) is 17.5. The van der Waals surface area contributed by atoms with Crippen LogP contribution in [0.3, 0.4) is 0 Å². The molecule has 1 unspecified atom stereocenters. The van der Waals surface area contributed by atoms with Crippen molar-refractivity contribution in [2.24, 2.45) is 5.18 Å². The predicted octanol–water partition coefficient (Wildman–Crippen LogP) is 0.857. The number of carboxylic acid groups (broad SMARTS) is 1. The molecule has 0 aromatic carbocycles. The Morgan fingerprint density at radius 3 is 2.79 bits per heavy atom. The molecule has 3 heterocycles. The van der Waals surface area contributed by atoms with Crippen LogP contribution in [0.2, 0.25) is 0 Å². The number of rotatable bonds is 7. The van der Waals surface area contributed by atoms with Gasteiger partial charge in [0.15, 0.2) is 6.04 Å². The zero-order valence-corrected chi connectivity index (χ0v) is 16.1. The van der Waals surface area contributed by atoms with Gasteiger partial charge in [-0.2, -0.15) is 11.3 Å². The van der Waals surface area contributed by atoms with E-state index in [0.29, 0.717) is 11.1 Å². The fraction of sp³-hybridized carbons (Fsp3) is 0.375. The van der Waals surface area contributed by atoms with Gasteiger partial charge in [0, 0.05) is 23.8 Å². The summed E-state index contributed by atoms with van der Waals surface area (Å²) in [6.07, 6.45) is 0. The van der Waals surface area contributed by atoms with E-state index < -0.39 is 41.2 Å². The second-order valence-electron chi connectivity index (χ2n) is 6.00. The van der Waals surface area contributed by atoms with Gasteiger partial charge in [-0.1, -0.05) is 5.18 Å². The summed E-state index contributed by atoms with van der Waals surface area (Å²) in [4.78, 5) is 59.7. The minimum absolute atomic E-state index is 0.218. The lowest BCUT2D eigenvalue weighted by Gasteiger charge is -2.49. The molecule has 28 heavy (non-hydrogen) atoms. The van der Waals surface area contributed by atoms with Crippen molar-refractivity contribution in [1.29, 1.82) is 0 Å². The van der Waals surface area contributed by atoms with E-state index in [9.17, 15) is 29.2 Å². The Labute approximate surface area is 166 Å². The van der Waals surface area contributed by atoms with Gasteiger partial charge in [0.05, 0.1) is 0 Å². The van der Waals surface area contributed by atoms with E-state index in [1.54, 1.807) is 16.8 Å². The number of hydrogen-bond acceptors (Lipinski definition) is 9. The number of carbonyl (C=O) groups is 4. The fourth-order valence-electron chi connectivity index (χ4n) is 2.91. The molecule has 0 aliphatic carbocycles. The van der Waals surface area contributed by atoms with Crippen molar-refractivity contribution in [3.8, 4) is 0 Å². The number of carboxylic acids is 1. The Hall–Kier alpha value is -2.73. The number of aliphatic carboxylic acids is 1. The molecule has 0 saturated carbocycles. The largest absolute Gasteiger partial charge is 0.477 e. The van der Waals surface area contributed by atoms with Crippen molar-refractivity contribution in [2.45, 2.75) is 24.4 Å². The second kappa shape index (κ2) is 8.10. The SMILES string of the molecule is CC(=O)OCC1=C(C(=O)O)N2C(=O)[C@@H](NC(=O)C(N=O)c3ccsc3)[C@@H]2SC1. The van der Waals surface area contributed by atoms with Crippen LogP contribution in [0.5, 0.6) is 0 Å². The summed E-state index contributed by atoms with van der Waals surface area (Å²) < 4.78 is 4.86. The maximum atomic E-state index is 12.5. The summed E-state index contributed by atoms with van der Waals surface area (Å²) in [5.74, 6) is -3.01. The van der Waals surface area contributed by atoms with Gasteiger partial charge in [-0.15, -0.1) is 16.7 Å². The van der Waals surface area contributed by atoms with Crippen molar-refractivity contribution in [1.82, 2.24) is 10.2 Å². The number of nitroso groups, excluding NO2 is 1. The number of nitrogens with one attached hydrogen (secondary N) is 1. The number of carbonyl (C=O) groups excluding carboxylic acids is 3. The van der Waals surface area contributed by atoms with Crippen molar-refractivity contribution in [2.75, 3.05) is 12.4 Å². The molecule has 3 rings (SSSR count). The van der Waals surface area contributed by atoms with E-state index in [-0.39, 0.29) is 18.1 Å². The quantitative estimate of drug-likeness (QED) is 0.372. The summed E-state index contributed by atoms with van der Waals surface area (Å²) in [5.41, 5.74) is 0.475. The minimum atomic E-state index is -1.32. The van der Waals surface area contributed by atoms with E-state index in [1.165, 1.54) is 30.0 Å². The standard InChI is InChI=1S/C16H15N3O7S2/c1-7(20)26-4-9-6-28-15-11(14(22)19(15)12(9)16(23)24)17-13(21)10(18-25)8-2-3-27-5-8/h2-3,5,10-11,15H,4,6H2,1H3,(H,17,21)(H,23,24)/t10?,11-,15+/m1/s1. The number of esters is 1. The van der Waals surface area contributed by atoms with Gasteiger partial charge in [-0.3, -0.25) is 19.3 Å². The van der Waals surface area contributed by atoms with Gasteiger partial charge in [0.1, 0.15) is 23.7 Å². The highest BCUT2D eigenvalue weighted by molar-refractivity contribution is 8.00. The monoisotopic (exact) mass is 425 g/mol. The van der Waals surface area contributed by atoms with Crippen molar-refractivity contribution in [3.63, 3.8) is 0 Å². The molecule has 0 bridgehead atoms.